The molecule has 3 aromatic heterocycles. The van der Waals surface area contributed by atoms with E-state index in [-0.39, 0.29) is 1.43 Å². The smallest absolute Gasteiger partial charge is 0.227 e. The number of hydrogen-bond acceptors (Lipinski definition) is 8. The monoisotopic (exact) mass is 512 g/mol. The number of nitrogens with one attached hydrogen (secondary N) is 1. The molecule has 6 rings (SSSR count). The molecule has 0 unspecified atom stereocenters. The van der Waals surface area contributed by atoms with Crippen molar-refractivity contribution in [1.29, 1.82) is 0 Å². The number of benzene rings is 1. The van der Waals surface area contributed by atoms with Crippen LogP contribution in [0.15, 0.2) is 67.3 Å². The highest BCUT2D eigenvalue weighted by Gasteiger charge is 2.35. The molecule has 2 saturated heterocycles. The van der Waals surface area contributed by atoms with Crippen molar-refractivity contribution in [3.05, 3.63) is 67.3 Å². The Morgan fingerprint density at radius 2 is 1.84 bits per heavy atom. The van der Waals surface area contributed by atoms with Crippen molar-refractivity contribution >= 4 is 17.3 Å². The second kappa shape index (κ2) is 10.5. The zero-order valence-electron chi connectivity index (χ0n) is 22.0. The van der Waals surface area contributed by atoms with E-state index in [1.165, 1.54) is 5.69 Å². The van der Waals surface area contributed by atoms with Gasteiger partial charge in [-0.15, -0.1) is 0 Å². The van der Waals surface area contributed by atoms with Gasteiger partial charge in [-0.25, -0.2) is 9.97 Å². The molecule has 198 valence electrons. The second-order valence-electron chi connectivity index (χ2n) is 10.5. The Hall–Kier alpha value is -3.82. The largest absolute Gasteiger partial charge is 0.380 e. The first-order chi connectivity index (χ1) is 18.6. The fraction of sp³-hybridized carbons (Fsp3) is 0.379. The van der Waals surface area contributed by atoms with Crippen LogP contribution in [-0.4, -0.2) is 75.6 Å². The molecule has 38 heavy (non-hydrogen) atoms. The standard InChI is InChI=1S/C29H34N8O.H2/c1-3-37-18-25(27(34-37)22-5-4-11-30-17-22)26-10-12-31-28(33-26)32-23-6-8-24(9-7-23)36-15-13-35(14-16-36)19-29(2)20-38-21-29;/h4-12,17-18H,3,13-16,19-21H2,1-2H3,(H,31,32,33);1H. The Morgan fingerprint density at radius 3 is 2.53 bits per heavy atom. The minimum atomic E-state index is 0. The summed E-state index contributed by atoms with van der Waals surface area (Å²) in [5.41, 5.74) is 6.15. The molecule has 2 aliphatic rings. The summed E-state index contributed by atoms with van der Waals surface area (Å²) in [5, 5.41) is 8.12. The summed E-state index contributed by atoms with van der Waals surface area (Å²) in [7, 11) is 0. The lowest BCUT2D eigenvalue weighted by Crippen LogP contribution is -2.54. The van der Waals surface area contributed by atoms with E-state index in [9.17, 15) is 0 Å². The molecule has 0 radical (unpaired) electrons. The van der Waals surface area contributed by atoms with Gasteiger partial charge in [0.05, 0.1) is 18.9 Å². The topological polar surface area (TPSA) is 84.2 Å². The number of ether oxygens (including phenoxy) is 1. The normalized spacial score (nSPS) is 17.3. The summed E-state index contributed by atoms with van der Waals surface area (Å²) in [5.74, 6) is 0.554. The fourth-order valence-corrected chi connectivity index (χ4v) is 5.19. The van der Waals surface area contributed by atoms with E-state index >= 15 is 0 Å². The van der Waals surface area contributed by atoms with Crippen LogP contribution < -0.4 is 10.2 Å². The summed E-state index contributed by atoms with van der Waals surface area (Å²) >= 11 is 0. The second-order valence-corrected chi connectivity index (χ2v) is 10.5. The number of aryl methyl sites for hydroxylation is 1. The van der Waals surface area contributed by atoms with Crippen molar-refractivity contribution in [3.63, 3.8) is 0 Å². The van der Waals surface area contributed by atoms with E-state index in [0.29, 0.717) is 11.4 Å². The summed E-state index contributed by atoms with van der Waals surface area (Å²) < 4.78 is 7.35. The van der Waals surface area contributed by atoms with Crippen molar-refractivity contribution in [3.8, 4) is 22.5 Å². The summed E-state index contributed by atoms with van der Waals surface area (Å²) in [4.78, 5) is 18.6. The Labute approximate surface area is 225 Å². The van der Waals surface area contributed by atoms with Crippen LogP contribution in [0.5, 0.6) is 0 Å². The Bertz CT molecular complexity index is 1370. The van der Waals surface area contributed by atoms with Gasteiger partial charge in [0.15, 0.2) is 0 Å². The maximum Gasteiger partial charge on any atom is 0.227 e. The fourth-order valence-electron chi connectivity index (χ4n) is 5.19. The first-order valence-electron chi connectivity index (χ1n) is 13.3. The third-order valence-electron chi connectivity index (χ3n) is 7.32. The average molecular weight is 513 g/mol. The van der Waals surface area contributed by atoms with Gasteiger partial charge in [0, 0.05) is 93.4 Å². The van der Waals surface area contributed by atoms with Crippen LogP contribution in [0.3, 0.4) is 0 Å². The molecule has 0 saturated carbocycles. The number of rotatable bonds is 8. The quantitative estimate of drug-likeness (QED) is 0.368. The van der Waals surface area contributed by atoms with Gasteiger partial charge in [0.1, 0.15) is 5.69 Å². The van der Waals surface area contributed by atoms with Crippen molar-refractivity contribution in [2.75, 3.05) is 56.2 Å². The van der Waals surface area contributed by atoms with Crippen LogP contribution >= 0.6 is 0 Å². The number of piperazine rings is 1. The van der Waals surface area contributed by atoms with Crippen molar-refractivity contribution in [1.82, 2.24) is 29.6 Å². The van der Waals surface area contributed by atoms with E-state index in [4.69, 9.17) is 14.8 Å². The lowest BCUT2D eigenvalue weighted by atomic mass is 9.88. The van der Waals surface area contributed by atoms with Gasteiger partial charge in [-0.05, 0) is 49.4 Å². The predicted molar refractivity (Wildman–Crippen MR) is 152 cm³/mol. The minimum Gasteiger partial charge on any atom is -0.380 e. The molecule has 1 aromatic carbocycles. The Kier molecular flexibility index (Phi) is 6.78. The Balaban J connectivity index is 0.00000308. The first-order valence-corrected chi connectivity index (χ1v) is 13.3. The molecule has 4 aromatic rings. The van der Waals surface area contributed by atoms with Gasteiger partial charge < -0.3 is 15.0 Å². The third kappa shape index (κ3) is 5.25. The van der Waals surface area contributed by atoms with Crippen molar-refractivity contribution in [2.45, 2.75) is 20.4 Å². The van der Waals surface area contributed by atoms with E-state index in [0.717, 1.165) is 80.7 Å². The molecule has 5 heterocycles. The third-order valence-corrected chi connectivity index (χ3v) is 7.32. The summed E-state index contributed by atoms with van der Waals surface area (Å²) in [6, 6.07) is 14.4. The number of hydrogen-bond donors (Lipinski definition) is 1. The zero-order valence-corrected chi connectivity index (χ0v) is 22.0. The predicted octanol–water partition coefficient (Wildman–Crippen LogP) is 4.57. The average Bonchev–Trinajstić information content (AvgIpc) is 3.39. The molecule has 1 N–H and O–H groups in total. The van der Waals surface area contributed by atoms with Gasteiger partial charge in [0.25, 0.3) is 0 Å². The van der Waals surface area contributed by atoms with Gasteiger partial charge in [0.2, 0.25) is 5.95 Å². The zero-order chi connectivity index (χ0) is 26.0. The molecule has 0 amide bonds. The first kappa shape index (κ1) is 24.5. The Morgan fingerprint density at radius 1 is 1.03 bits per heavy atom. The van der Waals surface area contributed by atoms with E-state index in [1.807, 2.05) is 35.3 Å². The van der Waals surface area contributed by atoms with Crippen LogP contribution in [0, 0.1) is 5.41 Å². The van der Waals surface area contributed by atoms with Crippen LogP contribution in [0.2, 0.25) is 0 Å². The van der Waals surface area contributed by atoms with Gasteiger partial charge in [-0.2, -0.15) is 5.10 Å². The lowest BCUT2D eigenvalue weighted by molar-refractivity contribution is -0.115. The molecule has 9 heteroatoms. The van der Waals surface area contributed by atoms with Crippen LogP contribution in [0.1, 0.15) is 15.3 Å². The van der Waals surface area contributed by atoms with Gasteiger partial charge in [-0.1, -0.05) is 6.92 Å². The molecule has 0 atom stereocenters. The highest BCUT2D eigenvalue weighted by molar-refractivity contribution is 5.78. The van der Waals surface area contributed by atoms with E-state index < -0.39 is 0 Å². The van der Waals surface area contributed by atoms with E-state index in [2.05, 4.69) is 63.2 Å². The van der Waals surface area contributed by atoms with Crippen LogP contribution in [-0.2, 0) is 11.3 Å². The number of nitrogens with zero attached hydrogens (tertiary/aromatic N) is 7. The van der Waals surface area contributed by atoms with Gasteiger partial charge >= 0.3 is 0 Å². The summed E-state index contributed by atoms with van der Waals surface area (Å²) in [6.45, 7) is 12.4. The maximum atomic E-state index is 5.42. The number of aromatic nitrogens is 5. The molecule has 9 nitrogen and oxygen atoms in total. The molecule has 0 spiro atoms. The molecule has 0 aliphatic carbocycles. The molecule has 2 aliphatic heterocycles. The van der Waals surface area contributed by atoms with Gasteiger partial charge in [-0.3, -0.25) is 14.6 Å². The SMILES string of the molecule is CCn1cc(-c2ccnc(Nc3ccc(N4CCN(CC5(C)COC5)CC4)cc3)n2)c(-c2cccnc2)n1.[HH]. The van der Waals surface area contributed by atoms with Crippen molar-refractivity contribution in [2.24, 2.45) is 5.41 Å². The molecular formula is C29H36N8O. The van der Waals surface area contributed by atoms with Crippen LogP contribution in [0.25, 0.3) is 22.5 Å². The van der Waals surface area contributed by atoms with Crippen LogP contribution in [0.4, 0.5) is 17.3 Å². The lowest BCUT2D eigenvalue weighted by Gasteiger charge is -2.44. The maximum absolute atomic E-state index is 5.42. The number of pyridine rings is 1. The minimum absolute atomic E-state index is 0. The molecule has 2 fully saturated rings. The highest BCUT2D eigenvalue weighted by Crippen LogP contribution is 2.31. The number of anilines is 3. The van der Waals surface area contributed by atoms with E-state index in [1.54, 1.807) is 12.4 Å². The summed E-state index contributed by atoms with van der Waals surface area (Å²) in [6.07, 6.45) is 7.41. The highest BCUT2D eigenvalue weighted by atomic mass is 16.5. The van der Waals surface area contributed by atoms with Crippen molar-refractivity contribution < 1.29 is 6.16 Å². The molecular weight excluding hydrogens is 476 g/mol. The molecule has 0 bridgehead atoms.